The quantitative estimate of drug-likeness (QED) is 0.582. The van der Waals surface area contributed by atoms with Gasteiger partial charge in [0.05, 0.1) is 5.56 Å². The van der Waals surface area contributed by atoms with Crippen molar-refractivity contribution >= 4 is 11.6 Å². The maximum atomic E-state index is 13.0. The number of hydrogen-bond acceptors (Lipinski definition) is 3. The van der Waals surface area contributed by atoms with Gasteiger partial charge < -0.3 is 9.47 Å². The molecule has 2 aromatic carbocycles. The van der Waals surface area contributed by atoms with E-state index in [1.54, 1.807) is 31.2 Å². The fourth-order valence-electron chi connectivity index (χ4n) is 3.04. The highest BCUT2D eigenvalue weighted by Crippen LogP contribution is 2.36. The Labute approximate surface area is 168 Å². The van der Waals surface area contributed by atoms with Gasteiger partial charge in [0, 0.05) is 30.2 Å². The van der Waals surface area contributed by atoms with Gasteiger partial charge in [0.15, 0.2) is 11.5 Å². The molecule has 0 aliphatic carbocycles. The number of hydrogen-bond donors (Lipinski definition) is 0. The second-order valence-electron chi connectivity index (χ2n) is 7.26. The third-order valence-corrected chi connectivity index (χ3v) is 5.03. The first-order valence-corrected chi connectivity index (χ1v) is 9.55. The molecule has 1 fully saturated rings. The van der Waals surface area contributed by atoms with Gasteiger partial charge in [0.25, 0.3) is 0 Å². The zero-order valence-corrected chi connectivity index (χ0v) is 16.7. The van der Waals surface area contributed by atoms with Gasteiger partial charge in [-0.05, 0) is 50.6 Å². The molecule has 0 amide bonds. The van der Waals surface area contributed by atoms with Gasteiger partial charge in [-0.15, -0.1) is 0 Å². The van der Waals surface area contributed by atoms with Crippen LogP contribution in [0, 0.1) is 0 Å². The van der Waals surface area contributed by atoms with Crippen LogP contribution in [0.2, 0.25) is 5.02 Å². The molecule has 0 radical (unpaired) electrons. The first-order chi connectivity index (χ1) is 13.1. The van der Waals surface area contributed by atoms with Gasteiger partial charge >= 0.3 is 6.18 Å². The molecule has 0 saturated carbocycles. The lowest BCUT2D eigenvalue weighted by atomic mass is 10.1. The average Bonchev–Trinajstić information content (AvgIpc) is 2.58. The molecule has 1 heterocycles. The van der Waals surface area contributed by atoms with Crippen LogP contribution in [0.25, 0.3) is 0 Å². The zero-order valence-electron chi connectivity index (χ0n) is 16.0. The molecule has 1 atom stereocenters. The maximum Gasteiger partial charge on any atom is 0.416 e. The summed E-state index contributed by atoms with van der Waals surface area (Å²) >= 11 is 6.09. The van der Waals surface area contributed by atoms with Gasteiger partial charge in [-0.2, -0.15) is 13.2 Å². The number of nitrogens with zero attached hydrogens (tertiary/aromatic N) is 1. The third kappa shape index (κ3) is 4.92. The average molecular weight is 414 g/mol. The lowest BCUT2D eigenvalue weighted by Gasteiger charge is -2.41. The van der Waals surface area contributed by atoms with E-state index in [4.69, 9.17) is 21.1 Å². The Kier molecular flexibility index (Phi) is 6.10. The molecule has 0 spiro atoms. The van der Waals surface area contributed by atoms with Crippen LogP contribution in [0.15, 0.2) is 42.5 Å². The van der Waals surface area contributed by atoms with E-state index in [9.17, 15) is 13.2 Å². The van der Waals surface area contributed by atoms with E-state index >= 15 is 0 Å². The van der Waals surface area contributed by atoms with Crippen molar-refractivity contribution < 1.29 is 22.6 Å². The van der Waals surface area contributed by atoms with Crippen molar-refractivity contribution in [1.82, 2.24) is 4.90 Å². The molecule has 1 unspecified atom stereocenters. The highest BCUT2D eigenvalue weighted by atomic mass is 35.5. The minimum absolute atomic E-state index is 0.0343. The van der Waals surface area contributed by atoms with Crippen molar-refractivity contribution in [1.29, 1.82) is 0 Å². The Bertz CT molecular complexity index is 820. The minimum Gasteiger partial charge on any atom is -0.484 e. The summed E-state index contributed by atoms with van der Waals surface area (Å²) in [5, 5.41) is 0.508. The van der Waals surface area contributed by atoms with Crippen molar-refractivity contribution in [3.8, 4) is 11.5 Å². The number of benzene rings is 2. The number of likely N-dealkylation sites (tertiary alicyclic amines) is 1. The lowest BCUT2D eigenvalue weighted by molar-refractivity contribution is -0.137. The van der Waals surface area contributed by atoms with E-state index in [0.717, 1.165) is 25.2 Å². The van der Waals surface area contributed by atoms with Gasteiger partial charge in [-0.25, -0.2) is 0 Å². The molecule has 3 nitrogen and oxygen atoms in total. The van der Waals surface area contributed by atoms with Crippen LogP contribution >= 0.6 is 11.6 Å². The molecule has 28 heavy (non-hydrogen) atoms. The Hall–Kier alpha value is -1.92. The van der Waals surface area contributed by atoms with Gasteiger partial charge in [0.2, 0.25) is 0 Å². The SMILES string of the molecule is CC(Oc1ccc(Cl)cc1OC1CN(C(C)C)C1)c1cccc(C(F)(F)F)c1. The minimum atomic E-state index is -4.39. The molecule has 0 aromatic heterocycles. The normalized spacial score (nSPS) is 16.7. The molecule has 152 valence electrons. The summed E-state index contributed by atoms with van der Waals surface area (Å²) in [6.45, 7) is 7.58. The summed E-state index contributed by atoms with van der Waals surface area (Å²) in [7, 11) is 0. The van der Waals surface area contributed by atoms with Crippen LogP contribution in [0.1, 0.15) is 38.0 Å². The van der Waals surface area contributed by atoms with Crippen LogP contribution in [-0.4, -0.2) is 30.1 Å². The predicted molar refractivity (Wildman–Crippen MR) is 103 cm³/mol. The van der Waals surface area contributed by atoms with Crippen molar-refractivity contribution in [2.45, 2.75) is 45.2 Å². The number of halogens is 4. The Morgan fingerprint density at radius 2 is 1.75 bits per heavy atom. The Morgan fingerprint density at radius 3 is 2.39 bits per heavy atom. The molecular weight excluding hydrogens is 391 g/mol. The van der Waals surface area contributed by atoms with Crippen LogP contribution in [0.5, 0.6) is 11.5 Å². The molecule has 0 N–H and O–H groups in total. The van der Waals surface area contributed by atoms with E-state index in [1.165, 1.54) is 6.07 Å². The standard InChI is InChI=1S/C21H23ClF3NO2/c1-13(2)26-11-18(12-26)28-20-10-17(22)7-8-19(20)27-14(3)15-5-4-6-16(9-15)21(23,24)25/h4-10,13-14,18H,11-12H2,1-3H3. The highest BCUT2D eigenvalue weighted by Gasteiger charge is 2.32. The van der Waals surface area contributed by atoms with Gasteiger partial charge in [0.1, 0.15) is 12.2 Å². The monoisotopic (exact) mass is 413 g/mol. The summed E-state index contributed by atoms with van der Waals surface area (Å²) in [5.74, 6) is 0.956. The van der Waals surface area contributed by atoms with E-state index in [1.807, 2.05) is 0 Å². The molecule has 3 rings (SSSR count). The molecule has 0 bridgehead atoms. The fourth-order valence-corrected chi connectivity index (χ4v) is 3.21. The maximum absolute atomic E-state index is 13.0. The Balaban J connectivity index is 1.73. The van der Waals surface area contributed by atoms with Gasteiger partial charge in [-0.1, -0.05) is 23.7 Å². The van der Waals surface area contributed by atoms with Crippen molar-refractivity contribution in [3.05, 3.63) is 58.6 Å². The van der Waals surface area contributed by atoms with Gasteiger partial charge in [-0.3, -0.25) is 4.90 Å². The fraction of sp³-hybridized carbons (Fsp3) is 0.429. The Morgan fingerprint density at radius 1 is 1.04 bits per heavy atom. The molecule has 7 heteroatoms. The second-order valence-corrected chi connectivity index (χ2v) is 7.70. The van der Waals surface area contributed by atoms with Crippen LogP contribution < -0.4 is 9.47 Å². The van der Waals surface area contributed by atoms with Crippen LogP contribution in [0.4, 0.5) is 13.2 Å². The highest BCUT2D eigenvalue weighted by molar-refractivity contribution is 6.30. The van der Waals surface area contributed by atoms with Crippen molar-refractivity contribution in [3.63, 3.8) is 0 Å². The van der Waals surface area contributed by atoms with Crippen LogP contribution in [-0.2, 0) is 6.18 Å². The first kappa shape index (κ1) is 20.8. The summed E-state index contributed by atoms with van der Waals surface area (Å²) in [6.07, 6.45) is -4.94. The zero-order chi connectivity index (χ0) is 20.5. The molecule has 1 aliphatic heterocycles. The third-order valence-electron chi connectivity index (χ3n) is 4.79. The second kappa shape index (κ2) is 8.21. The summed E-state index contributed by atoms with van der Waals surface area (Å²) in [5.41, 5.74) is -0.262. The van der Waals surface area contributed by atoms with E-state index in [2.05, 4.69) is 18.7 Å². The number of rotatable bonds is 6. The summed E-state index contributed by atoms with van der Waals surface area (Å²) in [6, 6.07) is 10.6. The first-order valence-electron chi connectivity index (χ1n) is 9.17. The summed E-state index contributed by atoms with van der Waals surface area (Å²) in [4.78, 5) is 2.28. The van der Waals surface area contributed by atoms with Crippen molar-refractivity contribution in [2.24, 2.45) is 0 Å². The number of ether oxygens (including phenoxy) is 2. The smallest absolute Gasteiger partial charge is 0.416 e. The summed E-state index contributed by atoms with van der Waals surface area (Å²) < 4.78 is 50.9. The number of alkyl halides is 3. The van der Waals surface area contributed by atoms with E-state index < -0.39 is 17.8 Å². The topological polar surface area (TPSA) is 21.7 Å². The largest absolute Gasteiger partial charge is 0.484 e. The predicted octanol–water partition coefficient (Wildman–Crippen LogP) is 5.97. The van der Waals surface area contributed by atoms with Crippen LogP contribution in [0.3, 0.4) is 0 Å². The molecular formula is C21H23ClF3NO2. The molecule has 2 aromatic rings. The lowest BCUT2D eigenvalue weighted by Crippen LogP contribution is -2.56. The van der Waals surface area contributed by atoms with Crippen molar-refractivity contribution in [2.75, 3.05) is 13.1 Å². The molecule has 1 saturated heterocycles. The molecule has 1 aliphatic rings. The van der Waals surface area contributed by atoms with E-state index in [0.29, 0.717) is 28.1 Å². The van der Waals surface area contributed by atoms with E-state index in [-0.39, 0.29) is 6.10 Å².